The van der Waals surface area contributed by atoms with Crippen molar-refractivity contribution in [1.29, 1.82) is 0 Å². The smallest absolute Gasteiger partial charge is 0.0831 e. The Hall–Kier alpha value is -1.82. The maximum Gasteiger partial charge on any atom is 0.0831 e. The third-order valence-electron chi connectivity index (χ3n) is 4.40. The van der Waals surface area contributed by atoms with Gasteiger partial charge in [0.2, 0.25) is 0 Å². The van der Waals surface area contributed by atoms with E-state index in [0.717, 1.165) is 55.1 Å². The number of nitrogens with zero attached hydrogens (tertiary/aromatic N) is 1. The molecule has 3 heteroatoms. The zero-order valence-electron chi connectivity index (χ0n) is 13.5. The molecule has 3 rings (SSSR count). The summed E-state index contributed by atoms with van der Waals surface area (Å²) in [4.78, 5) is 4.65. The summed E-state index contributed by atoms with van der Waals surface area (Å²) in [6.45, 7) is 8.02. The van der Waals surface area contributed by atoms with Gasteiger partial charge in [0, 0.05) is 16.2 Å². The van der Waals surface area contributed by atoms with Crippen LogP contribution in [-0.4, -0.2) is 18.1 Å². The van der Waals surface area contributed by atoms with Gasteiger partial charge in [-0.15, -0.1) is 0 Å². The third kappa shape index (κ3) is 3.42. The molecule has 0 saturated carbocycles. The molecule has 1 aromatic heterocycles. The van der Waals surface area contributed by atoms with E-state index in [2.05, 4.69) is 35.1 Å². The topological polar surface area (TPSA) is 24.9 Å². The number of hydrogen-bond acceptors (Lipinski definition) is 2. The highest BCUT2D eigenvalue weighted by atomic mass is 35.5. The van der Waals surface area contributed by atoms with Crippen LogP contribution in [0.1, 0.15) is 37.4 Å². The predicted octanol–water partition coefficient (Wildman–Crippen LogP) is 4.39. The molecule has 1 saturated heterocycles. The van der Waals surface area contributed by atoms with Crippen LogP contribution in [0.25, 0.3) is 5.57 Å². The molecule has 1 aliphatic heterocycles. The zero-order valence-corrected chi connectivity index (χ0v) is 14.3. The van der Waals surface area contributed by atoms with Crippen molar-refractivity contribution in [3.05, 3.63) is 70.1 Å². The number of rotatable bonds is 2. The van der Waals surface area contributed by atoms with Crippen LogP contribution in [0.5, 0.6) is 0 Å². The van der Waals surface area contributed by atoms with Gasteiger partial charge in [-0.25, -0.2) is 4.98 Å². The first kappa shape index (κ1) is 16.1. The first-order valence-electron chi connectivity index (χ1n) is 8.11. The molecule has 23 heavy (non-hydrogen) atoms. The fourth-order valence-electron chi connectivity index (χ4n) is 3.39. The number of fused-ring (bicyclic) bond motifs is 1. The van der Waals surface area contributed by atoms with Crippen LogP contribution in [0.2, 0.25) is 0 Å². The second kappa shape index (κ2) is 7.17. The number of allylic oxidation sites excluding steroid dienone is 6. The summed E-state index contributed by atoms with van der Waals surface area (Å²) >= 11 is 6.17. The second-order valence-electron chi connectivity index (χ2n) is 5.96. The lowest BCUT2D eigenvalue weighted by Gasteiger charge is -2.21. The summed E-state index contributed by atoms with van der Waals surface area (Å²) in [5.41, 5.74) is 7.29. The van der Waals surface area contributed by atoms with Gasteiger partial charge in [-0.3, -0.25) is 0 Å². The van der Waals surface area contributed by atoms with Gasteiger partial charge in [0.05, 0.1) is 11.9 Å². The highest BCUT2D eigenvalue weighted by Gasteiger charge is 2.23. The summed E-state index contributed by atoms with van der Waals surface area (Å²) in [5.74, 6) is 0. The second-order valence-corrected chi connectivity index (χ2v) is 6.55. The zero-order chi connectivity index (χ0) is 16.2. The van der Waals surface area contributed by atoms with Gasteiger partial charge in [-0.1, -0.05) is 35.9 Å². The summed E-state index contributed by atoms with van der Waals surface area (Å²) < 4.78 is 0. The largest absolute Gasteiger partial charge is 0.316 e. The lowest BCUT2D eigenvalue weighted by molar-refractivity contribution is 0.611. The maximum absolute atomic E-state index is 6.17. The standard InChI is InChI=1S/C20H21ClN2/c1-3-18-17(13-14(2)21)7-6-16-5-4-10-23-20(16)19(18)15-8-11-22-12-9-15/h3,10,13,22H,1,6-9,11-12H2,2H3. The Morgan fingerprint density at radius 1 is 1.30 bits per heavy atom. The molecule has 2 aliphatic rings. The van der Waals surface area contributed by atoms with E-state index in [0.29, 0.717) is 0 Å². The molecule has 2 nitrogen and oxygen atoms in total. The summed E-state index contributed by atoms with van der Waals surface area (Å²) in [6, 6.07) is 6.27. The molecule has 0 radical (unpaired) electrons. The van der Waals surface area contributed by atoms with Gasteiger partial charge in [0.25, 0.3) is 0 Å². The number of hydrogen-bond donors (Lipinski definition) is 1. The van der Waals surface area contributed by atoms with Crippen LogP contribution in [0.15, 0.2) is 46.7 Å². The maximum atomic E-state index is 6.17. The Morgan fingerprint density at radius 2 is 2.09 bits per heavy atom. The molecular formula is C20H21ClN2. The van der Waals surface area contributed by atoms with E-state index in [1.807, 2.05) is 13.0 Å². The quantitative estimate of drug-likeness (QED) is 0.872. The minimum atomic E-state index is 0.795. The van der Waals surface area contributed by atoms with Gasteiger partial charge in [0.1, 0.15) is 0 Å². The van der Waals surface area contributed by atoms with Crippen LogP contribution >= 0.6 is 11.6 Å². The number of nitrogens with one attached hydrogen (secondary N) is 1. The van der Waals surface area contributed by atoms with Gasteiger partial charge in [-0.05, 0) is 69.0 Å². The average molecular weight is 325 g/mol. The first-order chi connectivity index (χ1) is 11.2. The minimum absolute atomic E-state index is 0.795. The Labute approximate surface area is 143 Å². The van der Waals surface area contributed by atoms with Gasteiger partial charge in [0.15, 0.2) is 0 Å². The normalized spacial score (nSPS) is 19.1. The lowest BCUT2D eigenvalue weighted by atomic mass is 9.88. The Balaban J connectivity index is 2.25. The van der Waals surface area contributed by atoms with Crippen molar-refractivity contribution >= 4 is 17.2 Å². The molecule has 1 fully saturated rings. The molecule has 0 amide bonds. The van der Waals surface area contributed by atoms with E-state index in [-0.39, 0.29) is 0 Å². The van der Waals surface area contributed by atoms with Crippen LogP contribution in [0.3, 0.4) is 0 Å². The molecule has 0 atom stereocenters. The lowest BCUT2D eigenvalue weighted by Crippen LogP contribution is -2.24. The Bertz CT molecular complexity index is 698. The SMILES string of the molecule is C=CC1=C(C=C(C)Cl)CCc2c#ccnc2C1=C1CCNCC1. The predicted molar refractivity (Wildman–Crippen MR) is 96.1 cm³/mol. The van der Waals surface area contributed by atoms with Crippen LogP contribution in [0, 0.1) is 12.1 Å². The molecular weight excluding hydrogens is 304 g/mol. The Kier molecular flexibility index (Phi) is 5.00. The molecule has 0 bridgehead atoms. The van der Waals surface area contributed by atoms with E-state index >= 15 is 0 Å². The first-order valence-corrected chi connectivity index (χ1v) is 8.48. The molecule has 0 aromatic carbocycles. The molecule has 1 aromatic rings. The molecule has 118 valence electrons. The van der Waals surface area contributed by atoms with E-state index in [1.165, 1.54) is 22.3 Å². The molecule has 1 N–H and O–H groups in total. The van der Waals surface area contributed by atoms with Crippen molar-refractivity contribution in [2.45, 2.75) is 32.6 Å². The van der Waals surface area contributed by atoms with Crippen molar-refractivity contribution in [2.24, 2.45) is 0 Å². The molecule has 0 unspecified atom stereocenters. The van der Waals surface area contributed by atoms with Crippen LogP contribution < -0.4 is 5.32 Å². The number of aromatic nitrogens is 1. The summed E-state index contributed by atoms with van der Waals surface area (Å²) in [5, 5.41) is 4.22. The van der Waals surface area contributed by atoms with Gasteiger partial charge in [-0.2, -0.15) is 0 Å². The average Bonchev–Trinajstić information content (AvgIpc) is 2.72. The fraction of sp³-hybridized carbons (Fsp3) is 0.350. The summed E-state index contributed by atoms with van der Waals surface area (Å²) in [7, 11) is 0. The van der Waals surface area contributed by atoms with Crippen LogP contribution in [0.4, 0.5) is 0 Å². The number of halogens is 1. The third-order valence-corrected chi connectivity index (χ3v) is 4.51. The van der Waals surface area contributed by atoms with Crippen LogP contribution in [-0.2, 0) is 6.42 Å². The Morgan fingerprint density at radius 3 is 2.78 bits per heavy atom. The monoisotopic (exact) mass is 324 g/mol. The van der Waals surface area contributed by atoms with E-state index in [4.69, 9.17) is 11.6 Å². The minimum Gasteiger partial charge on any atom is -0.316 e. The van der Waals surface area contributed by atoms with Crippen molar-refractivity contribution in [3.63, 3.8) is 0 Å². The fourth-order valence-corrected chi connectivity index (χ4v) is 3.52. The highest BCUT2D eigenvalue weighted by molar-refractivity contribution is 6.29. The molecule has 1 aliphatic carbocycles. The van der Waals surface area contributed by atoms with Crippen molar-refractivity contribution < 1.29 is 0 Å². The van der Waals surface area contributed by atoms with E-state index in [9.17, 15) is 0 Å². The molecule has 0 spiro atoms. The van der Waals surface area contributed by atoms with Crippen molar-refractivity contribution in [2.75, 3.05) is 13.1 Å². The van der Waals surface area contributed by atoms with Gasteiger partial charge < -0.3 is 5.32 Å². The highest BCUT2D eigenvalue weighted by Crippen LogP contribution is 2.38. The number of piperidine rings is 1. The van der Waals surface area contributed by atoms with E-state index in [1.54, 1.807) is 6.20 Å². The molecule has 2 heterocycles. The summed E-state index contributed by atoms with van der Waals surface area (Å²) in [6.07, 6.45) is 9.66. The van der Waals surface area contributed by atoms with Crippen molar-refractivity contribution in [3.8, 4) is 0 Å². The van der Waals surface area contributed by atoms with Gasteiger partial charge >= 0.3 is 0 Å². The van der Waals surface area contributed by atoms with Crippen molar-refractivity contribution in [1.82, 2.24) is 10.3 Å². The van der Waals surface area contributed by atoms with E-state index < -0.39 is 0 Å².